The maximum Gasteiger partial charge on any atom is 0.347 e. The van der Waals surface area contributed by atoms with Crippen molar-refractivity contribution in [3.05, 3.63) is 40.9 Å². The number of para-hydroxylation sites is 1. The van der Waals surface area contributed by atoms with Gasteiger partial charge in [0.1, 0.15) is 4.88 Å². The number of carbonyl (C=O) groups is 1. The largest absolute Gasteiger partial charge is 0.477 e. The number of benzene rings is 1. The van der Waals surface area contributed by atoms with Crippen LogP contribution in [0.5, 0.6) is 0 Å². The molecule has 0 amide bonds. The third-order valence-electron chi connectivity index (χ3n) is 2.54. The molecule has 0 bridgehead atoms. The van der Waals surface area contributed by atoms with Crippen LogP contribution in [0.25, 0.3) is 0 Å². The van der Waals surface area contributed by atoms with Crippen LogP contribution in [0.1, 0.15) is 35.0 Å². The zero-order valence-corrected chi connectivity index (χ0v) is 11.0. The van der Waals surface area contributed by atoms with Crippen LogP contribution in [0.15, 0.2) is 30.5 Å². The van der Waals surface area contributed by atoms with Gasteiger partial charge in [-0.25, -0.2) is 9.78 Å². The van der Waals surface area contributed by atoms with E-state index in [0.717, 1.165) is 17.0 Å². The highest BCUT2D eigenvalue weighted by Gasteiger charge is 2.11. The molecule has 4 nitrogen and oxygen atoms in total. The second-order valence-electron chi connectivity index (χ2n) is 4.20. The van der Waals surface area contributed by atoms with Gasteiger partial charge in [-0.05, 0) is 17.5 Å². The number of aromatic carboxylic acids is 1. The summed E-state index contributed by atoms with van der Waals surface area (Å²) in [6.07, 6.45) is 1.37. The van der Waals surface area contributed by atoms with Crippen molar-refractivity contribution in [2.75, 3.05) is 5.32 Å². The zero-order valence-electron chi connectivity index (χ0n) is 10.2. The van der Waals surface area contributed by atoms with Gasteiger partial charge in [0.2, 0.25) is 0 Å². The predicted molar refractivity (Wildman–Crippen MR) is 72.9 cm³/mol. The highest BCUT2D eigenvalue weighted by molar-refractivity contribution is 7.17. The number of aromatic nitrogens is 1. The summed E-state index contributed by atoms with van der Waals surface area (Å²) >= 11 is 1.13. The molecule has 0 aliphatic carbocycles. The highest BCUT2D eigenvalue weighted by atomic mass is 32.1. The molecule has 94 valence electrons. The SMILES string of the molecule is CC(C)c1ccccc1Nc1ncc(C(=O)O)s1. The van der Waals surface area contributed by atoms with Crippen LogP contribution in [-0.4, -0.2) is 16.1 Å². The van der Waals surface area contributed by atoms with Crippen LogP contribution in [0, 0.1) is 0 Å². The van der Waals surface area contributed by atoms with Crippen molar-refractivity contribution in [2.45, 2.75) is 19.8 Å². The van der Waals surface area contributed by atoms with E-state index in [9.17, 15) is 4.79 Å². The molecule has 2 N–H and O–H groups in total. The lowest BCUT2D eigenvalue weighted by atomic mass is 10.0. The number of nitrogens with zero attached hydrogens (tertiary/aromatic N) is 1. The molecule has 0 saturated carbocycles. The molecule has 0 fully saturated rings. The first-order valence-corrected chi connectivity index (χ1v) is 6.44. The lowest BCUT2D eigenvalue weighted by Crippen LogP contribution is -1.96. The minimum atomic E-state index is -0.947. The monoisotopic (exact) mass is 262 g/mol. The second kappa shape index (κ2) is 5.18. The van der Waals surface area contributed by atoms with Gasteiger partial charge < -0.3 is 10.4 Å². The van der Waals surface area contributed by atoms with Crippen molar-refractivity contribution < 1.29 is 9.90 Å². The topological polar surface area (TPSA) is 62.2 Å². The van der Waals surface area contributed by atoms with E-state index in [1.54, 1.807) is 0 Å². The van der Waals surface area contributed by atoms with Gasteiger partial charge >= 0.3 is 5.97 Å². The van der Waals surface area contributed by atoms with Crippen LogP contribution < -0.4 is 5.32 Å². The van der Waals surface area contributed by atoms with Crippen molar-refractivity contribution in [3.63, 3.8) is 0 Å². The number of nitrogens with one attached hydrogen (secondary N) is 1. The molecule has 0 saturated heterocycles. The molecule has 1 aromatic heterocycles. The Hall–Kier alpha value is -1.88. The normalized spacial score (nSPS) is 10.6. The van der Waals surface area contributed by atoms with Crippen LogP contribution in [0.2, 0.25) is 0 Å². The Morgan fingerprint density at radius 1 is 1.39 bits per heavy atom. The van der Waals surface area contributed by atoms with Crippen LogP contribution in [-0.2, 0) is 0 Å². The minimum absolute atomic E-state index is 0.236. The molecule has 0 unspecified atom stereocenters. The van der Waals surface area contributed by atoms with E-state index in [-0.39, 0.29) is 4.88 Å². The van der Waals surface area contributed by atoms with E-state index in [1.807, 2.05) is 18.2 Å². The first-order chi connectivity index (χ1) is 8.58. The summed E-state index contributed by atoms with van der Waals surface area (Å²) in [5.74, 6) is -0.551. The van der Waals surface area contributed by atoms with Gasteiger partial charge in [0, 0.05) is 5.69 Å². The number of hydrogen-bond donors (Lipinski definition) is 2. The van der Waals surface area contributed by atoms with Gasteiger partial charge in [-0.1, -0.05) is 43.4 Å². The molecule has 0 atom stereocenters. The maximum atomic E-state index is 10.8. The van der Waals surface area contributed by atoms with Crippen LogP contribution in [0.3, 0.4) is 0 Å². The van der Waals surface area contributed by atoms with Crippen molar-refractivity contribution in [3.8, 4) is 0 Å². The van der Waals surface area contributed by atoms with Gasteiger partial charge in [0.05, 0.1) is 6.20 Å². The third kappa shape index (κ3) is 2.68. The average Bonchev–Trinajstić information content (AvgIpc) is 2.78. The Balaban J connectivity index is 2.25. The van der Waals surface area contributed by atoms with Crippen molar-refractivity contribution in [1.29, 1.82) is 0 Å². The number of hydrogen-bond acceptors (Lipinski definition) is 4. The summed E-state index contributed by atoms with van der Waals surface area (Å²) in [7, 11) is 0. The average molecular weight is 262 g/mol. The molecule has 5 heteroatoms. The molecular weight excluding hydrogens is 248 g/mol. The molecule has 2 aromatic rings. The summed E-state index contributed by atoms with van der Waals surface area (Å²) in [5, 5.41) is 12.6. The number of carboxylic acids is 1. The lowest BCUT2D eigenvalue weighted by molar-refractivity contribution is 0.0702. The van der Waals surface area contributed by atoms with Crippen molar-refractivity contribution in [2.24, 2.45) is 0 Å². The van der Waals surface area contributed by atoms with Crippen molar-refractivity contribution in [1.82, 2.24) is 4.98 Å². The number of thiazole rings is 1. The van der Waals surface area contributed by atoms with E-state index in [4.69, 9.17) is 5.11 Å². The zero-order chi connectivity index (χ0) is 13.1. The lowest BCUT2D eigenvalue weighted by Gasteiger charge is -2.12. The summed E-state index contributed by atoms with van der Waals surface area (Å²) in [6.45, 7) is 4.23. The molecule has 0 radical (unpaired) electrons. The minimum Gasteiger partial charge on any atom is -0.477 e. The smallest absolute Gasteiger partial charge is 0.347 e. The Labute approximate surface area is 109 Å². The van der Waals surface area contributed by atoms with Gasteiger partial charge in [-0.2, -0.15) is 0 Å². The maximum absolute atomic E-state index is 10.8. The van der Waals surface area contributed by atoms with E-state index in [0.29, 0.717) is 11.0 Å². The first-order valence-electron chi connectivity index (χ1n) is 5.63. The van der Waals surface area contributed by atoms with E-state index in [2.05, 4.69) is 30.2 Å². The number of rotatable bonds is 4. The van der Waals surface area contributed by atoms with Crippen molar-refractivity contribution >= 4 is 28.1 Å². The van der Waals surface area contributed by atoms with E-state index >= 15 is 0 Å². The fourth-order valence-electron chi connectivity index (χ4n) is 1.66. The van der Waals surface area contributed by atoms with Gasteiger partial charge in [-0.15, -0.1) is 0 Å². The molecular formula is C13H14N2O2S. The Morgan fingerprint density at radius 2 is 2.11 bits per heavy atom. The Kier molecular flexibility index (Phi) is 3.62. The Morgan fingerprint density at radius 3 is 2.72 bits per heavy atom. The summed E-state index contributed by atoms with van der Waals surface area (Å²) in [5.41, 5.74) is 2.16. The Bertz CT molecular complexity index is 564. The predicted octanol–water partition coefficient (Wildman–Crippen LogP) is 3.71. The second-order valence-corrected chi connectivity index (χ2v) is 5.23. The first kappa shape index (κ1) is 12.6. The molecule has 18 heavy (non-hydrogen) atoms. The van der Waals surface area contributed by atoms with Gasteiger partial charge in [0.15, 0.2) is 5.13 Å². The number of anilines is 2. The molecule has 0 aliphatic heterocycles. The quantitative estimate of drug-likeness (QED) is 0.881. The van der Waals surface area contributed by atoms with Crippen LogP contribution >= 0.6 is 11.3 Å². The summed E-state index contributed by atoms with van der Waals surface area (Å²) in [6, 6.07) is 7.96. The summed E-state index contributed by atoms with van der Waals surface area (Å²) < 4.78 is 0. The highest BCUT2D eigenvalue weighted by Crippen LogP contribution is 2.28. The van der Waals surface area contributed by atoms with Crippen LogP contribution in [0.4, 0.5) is 10.8 Å². The third-order valence-corrected chi connectivity index (χ3v) is 3.44. The van der Waals surface area contributed by atoms with E-state index < -0.39 is 5.97 Å². The number of carboxylic acid groups (broad SMARTS) is 1. The molecule has 2 rings (SSSR count). The van der Waals surface area contributed by atoms with Gasteiger partial charge in [0.25, 0.3) is 0 Å². The fourth-order valence-corrected chi connectivity index (χ4v) is 2.33. The molecule has 0 spiro atoms. The summed E-state index contributed by atoms with van der Waals surface area (Å²) in [4.78, 5) is 15.1. The standard InChI is InChI=1S/C13H14N2O2S/c1-8(2)9-5-3-4-6-10(9)15-13-14-7-11(18-13)12(16)17/h3-8H,1-2H3,(H,14,15)(H,16,17). The fraction of sp³-hybridized carbons (Fsp3) is 0.231. The van der Waals surface area contributed by atoms with Gasteiger partial charge in [-0.3, -0.25) is 0 Å². The molecule has 0 aliphatic rings. The molecule has 1 heterocycles. The molecule has 1 aromatic carbocycles. The van der Waals surface area contributed by atoms with E-state index in [1.165, 1.54) is 11.8 Å².